The molecule has 0 spiro atoms. The van der Waals surface area contributed by atoms with E-state index >= 15 is 0 Å². The van der Waals surface area contributed by atoms with Crippen molar-refractivity contribution in [1.82, 2.24) is 9.29 Å². The summed E-state index contributed by atoms with van der Waals surface area (Å²) in [5.74, 6) is -1.75. The Bertz CT molecular complexity index is 1210. The third-order valence-electron chi connectivity index (χ3n) is 4.93. The molecule has 0 aliphatic carbocycles. The van der Waals surface area contributed by atoms with Crippen molar-refractivity contribution in [1.29, 1.82) is 0 Å². The smallest absolute Gasteiger partial charge is 0.244 e. The lowest BCUT2D eigenvalue weighted by molar-refractivity contribution is 0.384. The van der Waals surface area contributed by atoms with E-state index in [0.717, 1.165) is 16.9 Å². The zero-order valence-corrected chi connectivity index (χ0v) is 20.0. The number of sulfonamides is 1. The Morgan fingerprint density at radius 2 is 1.81 bits per heavy atom. The van der Waals surface area contributed by atoms with Crippen molar-refractivity contribution < 1.29 is 17.2 Å². The number of rotatable bonds is 5. The SMILES string of the molecule is O=S(=O)(c1ccc(Br)cc1Cl)N1CCN(c2nc(Cc3ccc(F)c(F)c3)cs2)CC1. The summed E-state index contributed by atoms with van der Waals surface area (Å²) >= 11 is 10.9. The zero-order valence-electron chi connectivity index (χ0n) is 16.1. The molecular weight excluding hydrogens is 532 g/mol. The zero-order chi connectivity index (χ0) is 22.2. The summed E-state index contributed by atoms with van der Waals surface area (Å²) in [5.41, 5.74) is 1.39. The van der Waals surface area contributed by atoms with E-state index in [9.17, 15) is 17.2 Å². The van der Waals surface area contributed by atoms with E-state index < -0.39 is 21.7 Å². The van der Waals surface area contributed by atoms with Gasteiger partial charge in [0.15, 0.2) is 16.8 Å². The molecule has 0 unspecified atom stereocenters. The van der Waals surface area contributed by atoms with Crippen molar-refractivity contribution in [2.24, 2.45) is 0 Å². The van der Waals surface area contributed by atoms with Gasteiger partial charge in [-0.3, -0.25) is 0 Å². The Hall–Kier alpha value is -1.59. The van der Waals surface area contributed by atoms with E-state index in [-0.39, 0.29) is 9.92 Å². The number of nitrogens with zero attached hydrogens (tertiary/aromatic N) is 3. The quantitative estimate of drug-likeness (QED) is 0.453. The minimum Gasteiger partial charge on any atom is -0.345 e. The van der Waals surface area contributed by atoms with Crippen molar-refractivity contribution in [2.75, 3.05) is 31.1 Å². The van der Waals surface area contributed by atoms with Crippen molar-refractivity contribution in [3.63, 3.8) is 0 Å². The molecule has 0 bridgehead atoms. The van der Waals surface area contributed by atoms with E-state index in [1.54, 1.807) is 12.1 Å². The first-order chi connectivity index (χ1) is 14.7. The molecule has 4 rings (SSSR count). The number of benzene rings is 2. The van der Waals surface area contributed by atoms with Crippen LogP contribution in [-0.2, 0) is 16.4 Å². The Balaban J connectivity index is 1.41. The molecule has 3 aromatic rings. The molecule has 0 N–H and O–H groups in total. The molecule has 5 nitrogen and oxygen atoms in total. The first-order valence-electron chi connectivity index (χ1n) is 9.32. The predicted molar refractivity (Wildman–Crippen MR) is 121 cm³/mol. The van der Waals surface area contributed by atoms with Gasteiger partial charge in [-0.05, 0) is 35.9 Å². The van der Waals surface area contributed by atoms with Crippen LogP contribution in [0.25, 0.3) is 0 Å². The first-order valence-corrected chi connectivity index (χ1v) is 12.8. The summed E-state index contributed by atoms with van der Waals surface area (Å²) in [7, 11) is -3.69. The second-order valence-corrected chi connectivity index (χ2v) is 11.1. The van der Waals surface area contributed by atoms with Crippen LogP contribution in [0.3, 0.4) is 0 Å². The highest BCUT2D eigenvalue weighted by atomic mass is 79.9. The third kappa shape index (κ3) is 4.93. The Kier molecular flexibility index (Phi) is 6.64. The van der Waals surface area contributed by atoms with Gasteiger partial charge in [0.05, 0.1) is 10.7 Å². The van der Waals surface area contributed by atoms with Crippen molar-refractivity contribution >= 4 is 54.0 Å². The van der Waals surface area contributed by atoms with Crippen molar-refractivity contribution in [3.8, 4) is 0 Å². The number of piperazine rings is 1. The van der Waals surface area contributed by atoms with Crippen LogP contribution < -0.4 is 4.90 Å². The maximum absolute atomic E-state index is 13.4. The van der Waals surface area contributed by atoms with Crippen molar-refractivity contribution in [2.45, 2.75) is 11.3 Å². The van der Waals surface area contributed by atoms with E-state index in [1.807, 2.05) is 10.3 Å². The van der Waals surface area contributed by atoms with E-state index in [1.165, 1.54) is 33.8 Å². The second kappa shape index (κ2) is 9.11. The minimum absolute atomic E-state index is 0.0916. The van der Waals surface area contributed by atoms with Gasteiger partial charge in [0, 0.05) is 42.5 Å². The molecule has 0 atom stereocenters. The molecule has 1 aliphatic heterocycles. The molecule has 2 heterocycles. The van der Waals surface area contributed by atoms with Gasteiger partial charge in [0.2, 0.25) is 10.0 Å². The molecule has 0 radical (unpaired) electrons. The summed E-state index contributed by atoms with van der Waals surface area (Å²) < 4.78 is 54.6. The lowest BCUT2D eigenvalue weighted by Gasteiger charge is -2.34. The maximum Gasteiger partial charge on any atom is 0.244 e. The highest BCUT2D eigenvalue weighted by Crippen LogP contribution is 2.29. The van der Waals surface area contributed by atoms with E-state index in [0.29, 0.717) is 42.6 Å². The van der Waals surface area contributed by atoms with Crippen LogP contribution in [0.5, 0.6) is 0 Å². The van der Waals surface area contributed by atoms with E-state index in [4.69, 9.17) is 11.6 Å². The summed E-state index contributed by atoms with van der Waals surface area (Å²) in [6, 6.07) is 8.53. The Labute approximate surface area is 196 Å². The summed E-state index contributed by atoms with van der Waals surface area (Å²) in [6.45, 7) is 1.61. The fraction of sp³-hybridized carbons (Fsp3) is 0.250. The molecule has 0 amide bonds. The molecule has 11 heteroatoms. The molecule has 31 heavy (non-hydrogen) atoms. The average Bonchev–Trinajstić information content (AvgIpc) is 3.19. The fourth-order valence-electron chi connectivity index (χ4n) is 3.32. The highest BCUT2D eigenvalue weighted by molar-refractivity contribution is 9.10. The molecule has 1 saturated heterocycles. The lowest BCUT2D eigenvalue weighted by Crippen LogP contribution is -2.48. The van der Waals surface area contributed by atoms with Gasteiger partial charge in [-0.25, -0.2) is 22.2 Å². The molecule has 1 aliphatic rings. The normalized spacial score (nSPS) is 15.4. The summed E-state index contributed by atoms with van der Waals surface area (Å²) in [5, 5.41) is 2.83. The van der Waals surface area contributed by atoms with Crippen LogP contribution in [0.2, 0.25) is 5.02 Å². The highest BCUT2D eigenvalue weighted by Gasteiger charge is 2.31. The summed E-state index contributed by atoms with van der Waals surface area (Å²) in [6.07, 6.45) is 0.393. The number of aromatic nitrogens is 1. The number of anilines is 1. The number of hydrogen-bond acceptors (Lipinski definition) is 5. The van der Waals surface area contributed by atoms with Gasteiger partial charge in [0.1, 0.15) is 4.90 Å². The van der Waals surface area contributed by atoms with Crippen LogP contribution in [-0.4, -0.2) is 43.9 Å². The largest absolute Gasteiger partial charge is 0.345 e. The topological polar surface area (TPSA) is 53.5 Å². The van der Waals surface area contributed by atoms with E-state index in [2.05, 4.69) is 20.9 Å². The minimum atomic E-state index is -3.69. The van der Waals surface area contributed by atoms with Gasteiger partial charge in [-0.1, -0.05) is 33.6 Å². The van der Waals surface area contributed by atoms with Gasteiger partial charge in [-0.15, -0.1) is 11.3 Å². The molecule has 1 aromatic heterocycles. The monoisotopic (exact) mass is 547 g/mol. The van der Waals surface area contributed by atoms with Crippen LogP contribution in [0, 0.1) is 11.6 Å². The fourth-order valence-corrected chi connectivity index (χ4v) is 6.64. The predicted octanol–water partition coefficient (Wildman–Crippen LogP) is 4.94. The van der Waals surface area contributed by atoms with Gasteiger partial charge in [0.25, 0.3) is 0 Å². The third-order valence-corrected chi connectivity index (χ3v) is 8.75. The van der Waals surface area contributed by atoms with Crippen molar-refractivity contribution in [3.05, 3.63) is 74.2 Å². The van der Waals surface area contributed by atoms with Crippen LogP contribution in [0.15, 0.2) is 51.1 Å². The average molecular weight is 549 g/mol. The lowest BCUT2D eigenvalue weighted by atomic mass is 10.1. The Morgan fingerprint density at radius 3 is 2.48 bits per heavy atom. The number of halogens is 4. The summed E-state index contributed by atoms with van der Waals surface area (Å²) in [4.78, 5) is 6.70. The molecule has 0 saturated carbocycles. The van der Waals surface area contributed by atoms with Crippen LogP contribution in [0.1, 0.15) is 11.3 Å². The standard InChI is InChI=1S/C20H17BrClF2N3O2S2/c21-14-2-4-19(16(22)11-14)31(28,29)27-7-5-26(6-8-27)20-25-15(12-30-20)9-13-1-3-17(23)18(24)10-13/h1-4,10-12H,5-9H2. The maximum atomic E-state index is 13.4. The second-order valence-electron chi connectivity index (χ2n) is 7.01. The molecule has 164 valence electrons. The van der Waals surface area contributed by atoms with Gasteiger partial charge in [-0.2, -0.15) is 4.31 Å². The first kappa shape index (κ1) is 22.6. The molecular formula is C20H17BrClF2N3O2S2. The van der Waals surface area contributed by atoms with Crippen LogP contribution >= 0.6 is 38.9 Å². The van der Waals surface area contributed by atoms with Gasteiger partial charge >= 0.3 is 0 Å². The number of thiazole rings is 1. The molecule has 2 aromatic carbocycles. The Morgan fingerprint density at radius 1 is 1.06 bits per heavy atom. The number of hydrogen-bond donors (Lipinski definition) is 0. The molecule has 1 fully saturated rings. The van der Waals surface area contributed by atoms with Gasteiger partial charge < -0.3 is 4.90 Å². The van der Waals surface area contributed by atoms with Crippen LogP contribution in [0.4, 0.5) is 13.9 Å².